The van der Waals surface area contributed by atoms with Crippen molar-refractivity contribution in [3.63, 3.8) is 0 Å². The number of aromatic nitrogens is 1. The summed E-state index contributed by atoms with van der Waals surface area (Å²) in [7, 11) is 3.05. The molecule has 2 atom stereocenters. The van der Waals surface area contributed by atoms with E-state index in [-0.39, 0.29) is 24.6 Å². The monoisotopic (exact) mass is 468 g/mol. The molecule has 1 aliphatic heterocycles. The van der Waals surface area contributed by atoms with Crippen LogP contribution >= 0.6 is 23.6 Å². The average molecular weight is 469 g/mol. The molecule has 1 aliphatic rings. The highest BCUT2D eigenvalue weighted by molar-refractivity contribution is 7.80. The molecule has 9 heteroatoms. The summed E-state index contributed by atoms with van der Waals surface area (Å²) in [5.74, 6) is 0.294. The Balaban J connectivity index is 1.77. The Morgan fingerprint density at radius 3 is 2.75 bits per heavy atom. The van der Waals surface area contributed by atoms with Gasteiger partial charge in [-0.25, -0.2) is 0 Å². The SMILES string of the molecule is COCC(=O)Nc1cc(N2C(=S)N[C@@H](c3ccccn3)[C@H]2c2ccc(C)s2)ccc1OC. The summed E-state index contributed by atoms with van der Waals surface area (Å²) in [5.41, 5.74) is 2.30. The van der Waals surface area contributed by atoms with E-state index in [1.807, 2.05) is 36.4 Å². The fraction of sp³-hybridized carbons (Fsp3) is 0.261. The first-order valence-electron chi connectivity index (χ1n) is 10.1. The van der Waals surface area contributed by atoms with Gasteiger partial charge in [0.1, 0.15) is 12.4 Å². The van der Waals surface area contributed by atoms with Crippen LogP contribution in [0.3, 0.4) is 0 Å². The molecule has 4 rings (SSSR count). The van der Waals surface area contributed by atoms with Gasteiger partial charge >= 0.3 is 0 Å². The van der Waals surface area contributed by atoms with E-state index in [4.69, 9.17) is 21.7 Å². The third kappa shape index (κ3) is 4.45. The molecule has 0 saturated carbocycles. The molecule has 0 radical (unpaired) electrons. The Labute approximate surface area is 196 Å². The van der Waals surface area contributed by atoms with Crippen LogP contribution in [0, 0.1) is 6.92 Å². The number of thiophene rings is 1. The van der Waals surface area contributed by atoms with E-state index < -0.39 is 0 Å². The number of thiocarbonyl (C=S) groups is 1. The number of hydrogen-bond donors (Lipinski definition) is 2. The molecule has 1 saturated heterocycles. The van der Waals surface area contributed by atoms with E-state index in [2.05, 4.69) is 39.6 Å². The number of methoxy groups -OCH3 is 2. The van der Waals surface area contributed by atoms with E-state index in [0.717, 1.165) is 11.4 Å². The predicted molar refractivity (Wildman–Crippen MR) is 130 cm³/mol. The molecule has 0 spiro atoms. The number of anilines is 2. The zero-order chi connectivity index (χ0) is 22.7. The standard InChI is InChI=1S/C23H24N4O3S2/c1-14-7-10-19(32-14)22-21(16-6-4-5-11-24-16)26-23(31)27(22)15-8-9-18(30-3)17(12-15)25-20(28)13-29-2/h4-12,21-22H,13H2,1-3H3,(H,25,28)(H,26,31)/t21-,22+/m0/s1. The van der Waals surface area contributed by atoms with Crippen molar-refractivity contribution in [2.24, 2.45) is 0 Å². The smallest absolute Gasteiger partial charge is 0.250 e. The molecule has 0 unspecified atom stereocenters. The Morgan fingerprint density at radius 2 is 2.09 bits per heavy atom. The van der Waals surface area contributed by atoms with Crippen LogP contribution in [0.15, 0.2) is 54.7 Å². The van der Waals surface area contributed by atoms with E-state index in [1.54, 1.807) is 24.6 Å². The highest BCUT2D eigenvalue weighted by atomic mass is 32.1. The van der Waals surface area contributed by atoms with Crippen molar-refractivity contribution < 1.29 is 14.3 Å². The lowest BCUT2D eigenvalue weighted by atomic mass is 10.0. The van der Waals surface area contributed by atoms with E-state index in [9.17, 15) is 4.79 Å². The van der Waals surface area contributed by atoms with E-state index in [0.29, 0.717) is 16.5 Å². The van der Waals surface area contributed by atoms with Crippen molar-refractivity contribution in [2.75, 3.05) is 31.0 Å². The van der Waals surface area contributed by atoms with Crippen LogP contribution < -0.4 is 20.3 Å². The van der Waals surface area contributed by atoms with Crippen LogP contribution in [-0.4, -0.2) is 36.8 Å². The number of aryl methyl sites for hydroxylation is 1. The molecule has 3 aromatic rings. The molecule has 166 valence electrons. The van der Waals surface area contributed by atoms with Gasteiger partial charge in [0, 0.05) is 28.7 Å². The third-order valence-electron chi connectivity index (χ3n) is 5.16. The number of hydrogen-bond acceptors (Lipinski definition) is 6. The van der Waals surface area contributed by atoms with Crippen molar-refractivity contribution in [1.82, 2.24) is 10.3 Å². The molecule has 1 aromatic carbocycles. The summed E-state index contributed by atoms with van der Waals surface area (Å²) in [4.78, 5) is 21.2. The maximum atomic E-state index is 12.2. The van der Waals surface area contributed by atoms with Gasteiger partial charge in [0.15, 0.2) is 5.11 Å². The highest BCUT2D eigenvalue weighted by Crippen LogP contribution is 2.44. The number of nitrogens with one attached hydrogen (secondary N) is 2. The lowest BCUT2D eigenvalue weighted by Gasteiger charge is -2.27. The van der Waals surface area contributed by atoms with Crippen molar-refractivity contribution in [3.8, 4) is 5.75 Å². The first-order chi connectivity index (χ1) is 15.5. The van der Waals surface area contributed by atoms with Gasteiger partial charge in [-0.15, -0.1) is 11.3 Å². The van der Waals surface area contributed by atoms with E-state index >= 15 is 0 Å². The number of amides is 1. The number of nitrogens with zero attached hydrogens (tertiary/aromatic N) is 2. The van der Waals surface area contributed by atoms with Gasteiger partial charge in [-0.2, -0.15) is 0 Å². The minimum atomic E-state index is -0.262. The van der Waals surface area contributed by atoms with Gasteiger partial charge in [0.2, 0.25) is 5.91 Å². The summed E-state index contributed by atoms with van der Waals surface area (Å²) in [5, 5.41) is 6.90. The molecular formula is C23H24N4O3S2. The zero-order valence-corrected chi connectivity index (χ0v) is 19.6. The lowest BCUT2D eigenvalue weighted by molar-refractivity contribution is -0.119. The Hall–Kier alpha value is -3.01. The second-order valence-corrected chi connectivity index (χ2v) is 9.02. The van der Waals surface area contributed by atoms with Crippen LogP contribution in [0.25, 0.3) is 0 Å². The van der Waals surface area contributed by atoms with Crippen LogP contribution in [0.4, 0.5) is 11.4 Å². The van der Waals surface area contributed by atoms with Gasteiger partial charge in [0.05, 0.1) is 30.6 Å². The van der Waals surface area contributed by atoms with Gasteiger partial charge in [-0.1, -0.05) is 6.07 Å². The Bertz CT molecular complexity index is 1120. The first-order valence-corrected chi connectivity index (χ1v) is 11.3. The topological polar surface area (TPSA) is 75.7 Å². The summed E-state index contributed by atoms with van der Waals surface area (Å²) in [6.07, 6.45) is 1.79. The van der Waals surface area contributed by atoms with Crippen LogP contribution in [0.1, 0.15) is 27.5 Å². The molecule has 3 heterocycles. The normalized spacial score (nSPS) is 17.8. The number of ether oxygens (including phenoxy) is 2. The fourth-order valence-corrected chi connectivity index (χ4v) is 5.15. The van der Waals surface area contributed by atoms with Crippen molar-refractivity contribution in [3.05, 3.63) is 70.2 Å². The molecular weight excluding hydrogens is 444 g/mol. The van der Waals surface area contributed by atoms with Crippen LogP contribution in [-0.2, 0) is 9.53 Å². The van der Waals surface area contributed by atoms with E-state index in [1.165, 1.54) is 16.9 Å². The van der Waals surface area contributed by atoms with Crippen LogP contribution in [0.2, 0.25) is 0 Å². The number of carbonyl (C=O) groups is 1. The number of pyridine rings is 1. The maximum absolute atomic E-state index is 12.2. The second kappa shape index (κ2) is 9.64. The first kappa shape index (κ1) is 22.2. The second-order valence-electron chi connectivity index (χ2n) is 7.31. The van der Waals surface area contributed by atoms with Gasteiger partial charge in [-0.3, -0.25) is 9.78 Å². The van der Waals surface area contributed by atoms with Gasteiger partial charge < -0.3 is 25.0 Å². The number of carbonyl (C=O) groups excluding carboxylic acids is 1. The highest BCUT2D eigenvalue weighted by Gasteiger charge is 2.41. The fourth-order valence-electron chi connectivity index (χ4n) is 3.80. The zero-order valence-electron chi connectivity index (χ0n) is 18.0. The lowest BCUT2D eigenvalue weighted by Crippen LogP contribution is -2.29. The largest absolute Gasteiger partial charge is 0.495 e. The van der Waals surface area contributed by atoms with Gasteiger partial charge in [0.25, 0.3) is 0 Å². The molecule has 2 aromatic heterocycles. The minimum absolute atomic E-state index is 0.0457. The molecule has 1 amide bonds. The third-order valence-corrected chi connectivity index (χ3v) is 6.55. The summed E-state index contributed by atoms with van der Waals surface area (Å²) in [6.45, 7) is 2.04. The van der Waals surface area contributed by atoms with Crippen molar-refractivity contribution in [2.45, 2.75) is 19.0 Å². The number of benzene rings is 1. The molecule has 7 nitrogen and oxygen atoms in total. The van der Waals surface area contributed by atoms with Crippen molar-refractivity contribution in [1.29, 1.82) is 0 Å². The van der Waals surface area contributed by atoms with Gasteiger partial charge in [-0.05, 0) is 61.6 Å². The van der Waals surface area contributed by atoms with Crippen LogP contribution in [0.5, 0.6) is 5.75 Å². The molecule has 0 aliphatic carbocycles. The Kier molecular flexibility index (Phi) is 6.69. The molecule has 0 bridgehead atoms. The Morgan fingerprint density at radius 1 is 1.25 bits per heavy atom. The quantitative estimate of drug-likeness (QED) is 0.503. The summed E-state index contributed by atoms with van der Waals surface area (Å²) >= 11 is 7.50. The molecule has 32 heavy (non-hydrogen) atoms. The molecule has 1 fully saturated rings. The maximum Gasteiger partial charge on any atom is 0.250 e. The minimum Gasteiger partial charge on any atom is -0.495 e. The average Bonchev–Trinajstić information content (AvgIpc) is 3.37. The summed E-state index contributed by atoms with van der Waals surface area (Å²) in [6, 6.07) is 15.5. The van der Waals surface area contributed by atoms with Crippen molar-refractivity contribution >= 4 is 45.9 Å². The number of rotatable bonds is 7. The predicted octanol–water partition coefficient (Wildman–Crippen LogP) is 4.22. The molecule has 2 N–H and O–H groups in total. The summed E-state index contributed by atoms with van der Waals surface area (Å²) < 4.78 is 10.4.